The highest BCUT2D eigenvalue weighted by molar-refractivity contribution is 5.59. The molecule has 0 amide bonds. The molecule has 0 atom stereocenters. The molecule has 0 aromatic heterocycles. The van der Waals surface area contributed by atoms with Crippen LogP contribution < -0.4 is 0 Å². The monoisotopic (exact) mass is 222 g/mol. The van der Waals surface area contributed by atoms with Crippen molar-refractivity contribution < 1.29 is 0 Å². The van der Waals surface area contributed by atoms with E-state index in [-0.39, 0.29) is 5.41 Å². The molecule has 0 saturated heterocycles. The lowest BCUT2D eigenvalue weighted by molar-refractivity contribution is 0.569. The van der Waals surface area contributed by atoms with Crippen molar-refractivity contribution in [3.05, 3.63) is 84.1 Å². The van der Waals surface area contributed by atoms with Crippen molar-refractivity contribution in [1.29, 1.82) is 0 Å². The van der Waals surface area contributed by atoms with Gasteiger partial charge in [0.05, 0.1) is 0 Å². The lowest BCUT2D eigenvalue weighted by atomic mass is 9.78. The smallest absolute Gasteiger partial charge is 0.0147 e. The van der Waals surface area contributed by atoms with Gasteiger partial charge in [-0.05, 0) is 22.3 Å². The van der Waals surface area contributed by atoms with Crippen molar-refractivity contribution >= 4 is 0 Å². The molecule has 0 fully saturated rings. The van der Waals surface area contributed by atoms with E-state index >= 15 is 0 Å². The van der Waals surface area contributed by atoms with Gasteiger partial charge in [0.25, 0.3) is 0 Å². The van der Waals surface area contributed by atoms with Gasteiger partial charge < -0.3 is 0 Å². The summed E-state index contributed by atoms with van der Waals surface area (Å²) in [5.41, 5.74) is 4.82. The molecule has 17 heavy (non-hydrogen) atoms. The molecular weight excluding hydrogens is 204 g/mol. The third-order valence-electron chi connectivity index (χ3n) is 3.41. The van der Waals surface area contributed by atoms with Crippen LogP contribution in [0.25, 0.3) is 0 Å². The largest absolute Gasteiger partial charge is 0.0990 e. The van der Waals surface area contributed by atoms with Gasteiger partial charge in [-0.15, -0.1) is 0 Å². The minimum Gasteiger partial charge on any atom is -0.0990 e. The minimum absolute atomic E-state index is 0.0310. The van der Waals surface area contributed by atoms with E-state index in [1.54, 1.807) is 0 Å². The van der Waals surface area contributed by atoms with Crippen LogP contribution in [0.2, 0.25) is 0 Å². The zero-order valence-corrected chi connectivity index (χ0v) is 10.5. The molecule has 0 aromatic carbocycles. The highest BCUT2D eigenvalue weighted by Gasteiger charge is 2.28. The first-order valence-corrected chi connectivity index (χ1v) is 5.87. The van der Waals surface area contributed by atoms with Crippen LogP contribution in [0.4, 0.5) is 0 Å². The number of allylic oxidation sites excluding steroid dienone is 12. The van der Waals surface area contributed by atoms with Gasteiger partial charge in [0.2, 0.25) is 0 Å². The second-order valence-corrected chi connectivity index (χ2v) is 4.93. The maximum Gasteiger partial charge on any atom is 0.0147 e. The summed E-state index contributed by atoms with van der Waals surface area (Å²) in [5, 5.41) is 0. The first kappa shape index (κ1) is 11.7. The lowest BCUT2D eigenvalue weighted by Gasteiger charge is -2.26. The number of rotatable bonds is 1. The Labute approximate surface area is 104 Å². The van der Waals surface area contributed by atoms with E-state index in [0.29, 0.717) is 0 Å². The first-order valence-electron chi connectivity index (χ1n) is 5.87. The summed E-state index contributed by atoms with van der Waals surface area (Å²) in [4.78, 5) is 0. The molecule has 0 nitrogen and oxygen atoms in total. The second-order valence-electron chi connectivity index (χ2n) is 4.93. The van der Waals surface area contributed by atoms with Gasteiger partial charge in [-0.2, -0.15) is 0 Å². The molecule has 0 radical (unpaired) electrons. The van der Waals surface area contributed by atoms with Crippen LogP contribution in [0, 0.1) is 5.41 Å². The van der Waals surface area contributed by atoms with Crippen molar-refractivity contribution in [3.63, 3.8) is 0 Å². The maximum absolute atomic E-state index is 4.14. The van der Waals surface area contributed by atoms with E-state index in [1.165, 1.54) is 11.1 Å². The van der Waals surface area contributed by atoms with E-state index < -0.39 is 0 Å². The predicted molar refractivity (Wildman–Crippen MR) is 75.6 cm³/mol. The van der Waals surface area contributed by atoms with Crippen LogP contribution in [0.15, 0.2) is 84.1 Å². The van der Waals surface area contributed by atoms with Crippen LogP contribution in [0.3, 0.4) is 0 Å². The fourth-order valence-corrected chi connectivity index (χ4v) is 2.17. The molecule has 0 spiro atoms. The molecule has 86 valence electrons. The lowest BCUT2D eigenvalue weighted by Crippen LogP contribution is -2.14. The molecule has 0 aromatic rings. The molecule has 0 heteroatoms. The topological polar surface area (TPSA) is 0 Å². The number of fused-ring (bicyclic) bond motifs is 2. The summed E-state index contributed by atoms with van der Waals surface area (Å²) >= 11 is 0. The fourth-order valence-electron chi connectivity index (χ4n) is 2.17. The Balaban J connectivity index is 2.69. The molecule has 0 unspecified atom stereocenters. The van der Waals surface area contributed by atoms with E-state index in [9.17, 15) is 0 Å². The molecule has 0 heterocycles. The van der Waals surface area contributed by atoms with Crippen LogP contribution in [-0.2, 0) is 0 Å². The average Bonchev–Trinajstić information content (AvgIpc) is 2.45. The van der Waals surface area contributed by atoms with E-state index in [0.717, 1.165) is 11.1 Å². The average molecular weight is 222 g/mol. The number of hydrogen-bond donors (Lipinski definition) is 0. The van der Waals surface area contributed by atoms with Crippen molar-refractivity contribution in [2.75, 3.05) is 0 Å². The van der Waals surface area contributed by atoms with Crippen molar-refractivity contribution in [2.24, 2.45) is 5.41 Å². The third-order valence-corrected chi connectivity index (χ3v) is 3.41. The van der Waals surface area contributed by atoms with Crippen molar-refractivity contribution in [1.82, 2.24) is 0 Å². The Morgan fingerprint density at radius 2 is 1.65 bits per heavy atom. The minimum atomic E-state index is 0.0310. The van der Waals surface area contributed by atoms with Gasteiger partial charge in [0.15, 0.2) is 0 Å². The quantitative estimate of drug-likeness (QED) is 0.604. The standard InChI is InChI=1S/C17H18/c1-5-8-14-12-16-10-7-6-9-15(11-13(14)2)17(16,3)4/h5-12H,1-2H2,3-4H3/b14-8-. The summed E-state index contributed by atoms with van der Waals surface area (Å²) in [6, 6.07) is 0. The maximum atomic E-state index is 4.14. The first-order chi connectivity index (χ1) is 8.05. The Morgan fingerprint density at radius 3 is 2.24 bits per heavy atom. The molecule has 2 aliphatic carbocycles. The number of hydrogen-bond acceptors (Lipinski definition) is 0. The highest BCUT2D eigenvalue weighted by Crippen LogP contribution is 2.42. The SMILES string of the molecule is C=C/C=C1/C=C2C=CC=CC(=CC1=C)C2(C)C. The Morgan fingerprint density at radius 1 is 1.06 bits per heavy atom. The van der Waals surface area contributed by atoms with Crippen LogP contribution in [0.5, 0.6) is 0 Å². The van der Waals surface area contributed by atoms with E-state index in [2.05, 4.69) is 63.5 Å². The summed E-state index contributed by atoms with van der Waals surface area (Å²) in [6.45, 7) is 12.4. The Hall–Kier alpha value is -1.82. The summed E-state index contributed by atoms with van der Waals surface area (Å²) in [5.74, 6) is 0. The van der Waals surface area contributed by atoms with Gasteiger partial charge in [-0.25, -0.2) is 0 Å². The van der Waals surface area contributed by atoms with Gasteiger partial charge in [-0.3, -0.25) is 0 Å². The molecule has 0 N–H and O–H groups in total. The van der Waals surface area contributed by atoms with Crippen molar-refractivity contribution in [3.8, 4) is 0 Å². The van der Waals surface area contributed by atoms with Crippen molar-refractivity contribution in [2.45, 2.75) is 13.8 Å². The summed E-state index contributed by atoms with van der Waals surface area (Å²) in [7, 11) is 0. The zero-order valence-electron chi connectivity index (χ0n) is 10.5. The van der Waals surface area contributed by atoms with Crippen LogP contribution in [-0.4, -0.2) is 0 Å². The second kappa shape index (κ2) is 4.21. The molecule has 2 aliphatic rings. The van der Waals surface area contributed by atoms with E-state index in [1.807, 2.05) is 12.2 Å². The van der Waals surface area contributed by atoms with Gasteiger partial charge in [0.1, 0.15) is 0 Å². The summed E-state index contributed by atoms with van der Waals surface area (Å²) < 4.78 is 0. The highest BCUT2D eigenvalue weighted by atomic mass is 14.3. The van der Waals surface area contributed by atoms with Gasteiger partial charge >= 0.3 is 0 Å². The molecule has 2 bridgehead atoms. The van der Waals surface area contributed by atoms with E-state index in [4.69, 9.17) is 0 Å². The Bertz CT molecular complexity index is 514. The van der Waals surface area contributed by atoms with Crippen LogP contribution >= 0.6 is 0 Å². The van der Waals surface area contributed by atoms with Gasteiger partial charge in [0, 0.05) is 5.41 Å². The van der Waals surface area contributed by atoms with Crippen LogP contribution in [0.1, 0.15) is 13.8 Å². The molecular formula is C17H18. The fraction of sp³-hybridized carbons (Fsp3) is 0.176. The molecule has 0 aliphatic heterocycles. The molecule has 0 saturated carbocycles. The molecule has 2 rings (SSSR count). The zero-order chi connectivity index (χ0) is 12.5. The predicted octanol–water partition coefficient (Wildman–Crippen LogP) is 4.67. The van der Waals surface area contributed by atoms with Gasteiger partial charge in [-0.1, -0.05) is 75.6 Å². The Kier molecular flexibility index (Phi) is 2.89. The third kappa shape index (κ3) is 2.03. The summed E-state index contributed by atoms with van der Waals surface area (Å²) in [6.07, 6.45) is 16.7. The normalized spacial score (nSPS) is 23.9.